The Morgan fingerprint density at radius 1 is 0.781 bits per heavy atom. The van der Waals surface area contributed by atoms with E-state index < -0.39 is 0 Å². The van der Waals surface area contributed by atoms with E-state index in [1.54, 1.807) is 0 Å². The standard InChI is InChI=1S/C21H14N.C7H9.2ClH.Ti/c1-2-8-16-14-17(13-15(16)7-1)22-20-11-5-3-9-18(20)19-10-4-6-12-21(19)22;1-6-4-3-5-7(6)2;;;/h1-14H;4H,3H2,1-2H3;2*1H;/q2*-1;;;+4/p-2. The molecule has 0 unspecified atom stereocenters. The van der Waals surface area contributed by atoms with Gasteiger partial charge in [0.05, 0.1) is 11.0 Å². The summed E-state index contributed by atoms with van der Waals surface area (Å²) in [4.78, 5) is 0. The molecule has 0 radical (unpaired) electrons. The molecule has 1 aromatic heterocycles. The summed E-state index contributed by atoms with van der Waals surface area (Å²) in [6.45, 7) is 4.22. The molecule has 0 atom stereocenters. The first-order valence-electron chi connectivity index (χ1n) is 10.1. The van der Waals surface area contributed by atoms with Crippen molar-refractivity contribution in [3.05, 3.63) is 108 Å². The molecule has 1 aliphatic rings. The summed E-state index contributed by atoms with van der Waals surface area (Å²) in [5, 5.41) is 5.20. The summed E-state index contributed by atoms with van der Waals surface area (Å²) in [5.74, 6) is 0. The minimum absolute atomic E-state index is 0. The average molecular weight is 492 g/mol. The van der Waals surface area contributed by atoms with Crippen LogP contribution in [-0.2, 0) is 21.7 Å². The monoisotopic (exact) mass is 491 g/mol. The molecule has 0 fully saturated rings. The number of para-hydroxylation sites is 2. The normalized spacial score (nSPS) is 12.2. The number of allylic oxidation sites excluding steroid dienone is 4. The number of hydrogen-bond donors (Lipinski definition) is 0. The van der Waals surface area contributed by atoms with Crippen LogP contribution in [0.25, 0.3) is 38.3 Å². The topological polar surface area (TPSA) is 4.93 Å². The van der Waals surface area contributed by atoms with Gasteiger partial charge in [0.1, 0.15) is 0 Å². The number of aromatic nitrogens is 1. The molecule has 1 heterocycles. The van der Waals surface area contributed by atoms with Crippen molar-refractivity contribution in [1.82, 2.24) is 4.57 Å². The van der Waals surface area contributed by atoms with Crippen molar-refractivity contribution in [2.24, 2.45) is 0 Å². The summed E-state index contributed by atoms with van der Waals surface area (Å²) in [6.07, 6.45) is 6.41. The average Bonchev–Trinajstić information content (AvgIpc) is 3.43. The van der Waals surface area contributed by atoms with Gasteiger partial charge in [-0.05, 0) is 17.8 Å². The van der Waals surface area contributed by atoms with E-state index in [1.165, 1.54) is 49.4 Å². The Hall–Kier alpha value is -2.16. The molecule has 0 aliphatic heterocycles. The second kappa shape index (κ2) is 11.1. The molecular weight excluding hydrogens is 469 g/mol. The van der Waals surface area contributed by atoms with Crippen LogP contribution in [0.5, 0.6) is 0 Å². The van der Waals surface area contributed by atoms with Crippen LogP contribution in [0.3, 0.4) is 0 Å². The van der Waals surface area contributed by atoms with Crippen LogP contribution in [0, 0.1) is 6.08 Å². The van der Waals surface area contributed by atoms with Gasteiger partial charge in [0.25, 0.3) is 0 Å². The number of nitrogens with zero attached hydrogens (tertiary/aromatic N) is 1. The Bertz CT molecular complexity index is 1300. The number of fused-ring (bicyclic) bond motifs is 4. The zero-order valence-corrected chi connectivity index (χ0v) is 21.1. The quantitative estimate of drug-likeness (QED) is 0.249. The van der Waals surface area contributed by atoms with Gasteiger partial charge in [-0.2, -0.15) is 6.08 Å². The van der Waals surface area contributed by atoms with E-state index in [0.29, 0.717) is 0 Å². The summed E-state index contributed by atoms with van der Waals surface area (Å²) < 4.78 is 2.37. The number of halogens is 2. The Kier molecular flexibility index (Phi) is 9.07. The zero-order valence-electron chi connectivity index (χ0n) is 18.1. The van der Waals surface area contributed by atoms with Gasteiger partial charge in [0.2, 0.25) is 0 Å². The molecule has 6 rings (SSSR count). The third-order valence-electron chi connectivity index (χ3n) is 5.81. The number of benzene rings is 3. The molecule has 0 amide bonds. The van der Waals surface area contributed by atoms with E-state index in [-0.39, 0.29) is 46.5 Å². The largest absolute Gasteiger partial charge is 4.00 e. The predicted molar refractivity (Wildman–Crippen MR) is 125 cm³/mol. The third-order valence-corrected chi connectivity index (χ3v) is 5.81. The molecule has 5 aromatic rings. The van der Waals surface area contributed by atoms with Crippen LogP contribution in [-0.4, -0.2) is 4.57 Å². The fraction of sp³-hybridized carbons (Fsp3) is 0.107. The van der Waals surface area contributed by atoms with Crippen molar-refractivity contribution in [2.45, 2.75) is 20.3 Å². The number of hydrogen-bond acceptors (Lipinski definition) is 0. The Labute approximate surface area is 216 Å². The third kappa shape index (κ3) is 4.77. The summed E-state index contributed by atoms with van der Waals surface area (Å²) in [5.41, 5.74) is 6.47. The molecule has 4 aromatic carbocycles. The van der Waals surface area contributed by atoms with Crippen LogP contribution < -0.4 is 24.8 Å². The van der Waals surface area contributed by atoms with Gasteiger partial charge >= 0.3 is 21.7 Å². The van der Waals surface area contributed by atoms with Crippen molar-refractivity contribution < 1.29 is 46.5 Å². The molecule has 32 heavy (non-hydrogen) atoms. The molecule has 0 bridgehead atoms. The van der Waals surface area contributed by atoms with Crippen molar-refractivity contribution in [3.8, 4) is 5.69 Å². The first-order chi connectivity index (χ1) is 14.2. The minimum Gasteiger partial charge on any atom is -1.00 e. The second-order valence-electron chi connectivity index (χ2n) is 7.61. The maximum Gasteiger partial charge on any atom is 4.00 e. The molecule has 0 saturated heterocycles. The fourth-order valence-electron chi connectivity index (χ4n) is 4.11. The van der Waals surface area contributed by atoms with Gasteiger partial charge in [-0.3, -0.25) is 6.08 Å². The molecule has 1 nitrogen and oxygen atoms in total. The van der Waals surface area contributed by atoms with Gasteiger partial charge in [-0.25, -0.2) is 11.1 Å². The maximum atomic E-state index is 3.19. The second-order valence-corrected chi connectivity index (χ2v) is 7.61. The minimum atomic E-state index is 0. The van der Waals surface area contributed by atoms with E-state index in [1.807, 2.05) is 0 Å². The van der Waals surface area contributed by atoms with Gasteiger partial charge in [0, 0.05) is 10.8 Å². The first kappa shape index (κ1) is 26.1. The van der Waals surface area contributed by atoms with E-state index in [4.69, 9.17) is 0 Å². The smallest absolute Gasteiger partial charge is 1.00 e. The molecule has 0 spiro atoms. The van der Waals surface area contributed by atoms with E-state index in [9.17, 15) is 0 Å². The van der Waals surface area contributed by atoms with Gasteiger partial charge in [-0.15, -0.1) is 54.4 Å². The SMILES string of the molecule is CC1=[C-]CC=C1C.[Cl-].[Cl-].[Ti+4].c1ccc2[cH-]c(-n3c4ccccc4c4ccccc43)cc2c1. The van der Waals surface area contributed by atoms with Crippen molar-refractivity contribution in [3.63, 3.8) is 0 Å². The maximum absolute atomic E-state index is 3.19. The Morgan fingerprint density at radius 3 is 1.84 bits per heavy atom. The summed E-state index contributed by atoms with van der Waals surface area (Å²) in [7, 11) is 0. The van der Waals surface area contributed by atoms with Crippen LogP contribution >= 0.6 is 0 Å². The van der Waals surface area contributed by atoms with Gasteiger partial charge in [-0.1, -0.05) is 49.4 Å². The van der Waals surface area contributed by atoms with Crippen LogP contribution in [0.4, 0.5) is 0 Å². The van der Waals surface area contributed by atoms with Gasteiger partial charge < -0.3 is 29.4 Å². The number of rotatable bonds is 1. The molecular formula is C28H23Cl2NTi. The first-order valence-corrected chi connectivity index (χ1v) is 10.1. The molecule has 158 valence electrons. The molecule has 0 N–H and O–H groups in total. The zero-order chi connectivity index (χ0) is 19.8. The van der Waals surface area contributed by atoms with Crippen molar-refractivity contribution in [1.29, 1.82) is 0 Å². The molecule has 0 saturated carbocycles. The van der Waals surface area contributed by atoms with Gasteiger partial charge in [0.15, 0.2) is 0 Å². The Balaban J connectivity index is 0.000000317. The van der Waals surface area contributed by atoms with Crippen LogP contribution in [0.2, 0.25) is 0 Å². The summed E-state index contributed by atoms with van der Waals surface area (Å²) in [6, 6.07) is 30.3. The fourth-order valence-corrected chi connectivity index (χ4v) is 4.11. The van der Waals surface area contributed by atoms with E-state index in [2.05, 4.69) is 115 Å². The summed E-state index contributed by atoms with van der Waals surface area (Å²) >= 11 is 0. The van der Waals surface area contributed by atoms with Crippen LogP contribution in [0.1, 0.15) is 20.3 Å². The predicted octanol–water partition coefficient (Wildman–Crippen LogP) is 1.75. The van der Waals surface area contributed by atoms with Crippen molar-refractivity contribution in [2.75, 3.05) is 0 Å². The Morgan fingerprint density at radius 2 is 1.34 bits per heavy atom. The van der Waals surface area contributed by atoms with E-state index in [0.717, 1.165) is 6.42 Å². The molecule has 4 heteroatoms. The van der Waals surface area contributed by atoms with Crippen LogP contribution in [0.15, 0.2) is 102 Å². The van der Waals surface area contributed by atoms with Crippen molar-refractivity contribution >= 4 is 32.6 Å². The molecule has 1 aliphatic carbocycles. The van der Waals surface area contributed by atoms with E-state index >= 15 is 0 Å².